The van der Waals surface area contributed by atoms with Gasteiger partial charge in [-0.05, 0) is 71.4 Å². The summed E-state index contributed by atoms with van der Waals surface area (Å²) in [5.74, 6) is 0.434. The summed E-state index contributed by atoms with van der Waals surface area (Å²) in [6.07, 6.45) is 5.43. The van der Waals surface area contributed by atoms with E-state index in [4.69, 9.17) is 5.73 Å². The molecule has 0 saturated heterocycles. The minimum atomic E-state index is 0.434. The minimum Gasteiger partial charge on any atom is -0.383 e. The van der Waals surface area contributed by atoms with Gasteiger partial charge in [0.05, 0.1) is 11.2 Å². The minimum absolute atomic E-state index is 0.434. The Morgan fingerprint density at radius 1 is 0.893 bits per heavy atom. The highest BCUT2D eigenvalue weighted by molar-refractivity contribution is 6.03. The number of nitrogens with two attached hydrogens (primary N) is 1. The fourth-order valence-electron chi connectivity index (χ4n) is 3.29. The van der Waals surface area contributed by atoms with Gasteiger partial charge < -0.3 is 5.73 Å². The average molecular weight is 365 g/mol. The van der Waals surface area contributed by atoms with Crippen molar-refractivity contribution in [3.63, 3.8) is 0 Å². The van der Waals surface area contributed by atoms with Gasteiger partial charge in [0.1, 0.15) is 5.84 Å². The van der Waals surface area contributed by atoms with E-state index in [1.54, 1.807) is 19.4 Å². The number of fused-ring (bicyclic) bond motifs is 1. The number of aromatic nitrogens is 2. The van der Waals surface area contributed by atoms with Gasteiger partial charge in [-0.3, -0.25) is 20.0 Å². The number of nitrogens with zero attached hydrogens (tertiary/aromatic N) is 4. The Hall–Kier alpha value is -3.86. The van der Waals surface area contributed by atoms with Crippen LogP contribution in [-0.2, 0) is 0 Å². The Morgan fingerprint density at radius 3 is 2.39 bits per heavy atom. The molecular weight excluding hydrogens is 346 g/mol. The molecular formula is C23H19N5. The first kappa shape index (κ1) is 17.5. The van der Waals surface area contributed by atoms with Crippen LogP contribution in [0, 0.1) is 0 Å². The topological polar surface area (TPSA) is 76.5 Å². The highest BCUT2D eigenvalue weighted by atomic mass is 14.8. The van der Waals surface area contributed by atoms with E-state index in [-0.39, 0.29) is 0 Å². The molecule has 0 aliphatic heterocycles. The van der Waals surface area contributed by atoms with Crippen LogP contribution in [0.2, 0.25) is 0 Å². The molecule has 2 heterocycles. The van der Waals surface area contributed by atoms with E-state index in [0.29, 0.717) is 11.5 Å². The summed E-state index contributed by atoms with van der Waals surface area (Å²) in [4.78, 5) is 16.8. The van der Waals surface area contributed by atoms with Crippen LogP contribution in [0.4, 0.5) is 5.69 Å². The Balaban J connectivity index is 1.90. The molecule has 5 nitrogen and oxygen atoms in total. The molecule has 0 spiro atoms. The Kier molecular flexibility index (Phi) is 4.64. The summed E-state index contributed by atoms with van der Waals surface area (Å²) < 4.78 is 0. The van der Waals surface area contributed by atoms with Crippen LogP contribution in [0.3, 0.4) is 0 Å². The van der Waals surface area contributed by atoms with Crippen molar-refractivity contribution in [3.8, 4) is 22.3 Å². The maximum absolute atomic E-state index is 6.05. The molecule has 0 aliphatic rings. The van der Waals surface area contributed by atoms with Crippen molar-refractivity contribution in [2.45, 2.75) is 0 Å². The molecule has 0 unspecified atom stereocenters. The van der Waals surface area contributed by atoms with Gasteiger partial charge in [0.15, 0.2) is 0 Å². The second-order valence-electron chi connectivity index (χ2n) is 6.33. The van der Waals surface area contributed by atoms with Crippen LogP contribution >= 0.6 is 0 Å². The monoisotopic (exact) mass is 365 g/mol. The van der Waals surface area contributed by atoms with Gasteiger partial charge in [-0.1, -0.05) is 12.1 Å². The maximum atomic E-state index is 6.05. The molecule has 2 aromatic carbocycles. The van der Waals surface area contributed by atoms with Gasteiger partial charge in [-0.2, -0.15) is 0 Å². The molecule has 0 radical (unpaired) electrons. The van der Waals surface area contributed by atoms with E-state index >= 15 is 0 Å². The Labute approximate surface area is 163 Å². The number of benzene rings is 2. The van der Waals surface area contributed by atoms with E-state index in [1.165, 1.54) is 0 Å². The van der Waals surface area contributed by atoms with E-state index < -0.39 is 0 Å². The van der Waals surface area contributed by atoms with Crippen LogP contribution in [0.25, 0.3) is 33.2 Å². The molecule has 0 saturated carbocycles. The number of amidine groups is 1. The molecule has 5 heteroatoms. The summed E-state index contributed by atoms with van der Waals surface area (Å²) in [6.45, 7) is 3.62. The Morgan fingerprint density at radius 2 is 1.64 bits per heavy atom. The van der Waals surface area contributed by atoms with Crippen LogP contribution in [0.5, 0.6) is 0 Å². The third-order valence-corrected chi connectivity index (χ3v) is 4.75. The molecule has 28 heavy (non-hydrogen) atoms. The summed E-state index contributed by atoms with van der Waals surface area (Å²) in [7, 11) is 1.66. The second kappa shape index (κ2) is 7.40. The molecule has 0 bridgehead atoms. The second-order valence-corrected chi connectivity index (χ2v) is 6.33. The zero-order valence-corrected chi connectivity index (χ0v) is 15.5. The third kappa shape index (κ3) is 3.14. The number of aliphatic imine (C=N–C) groups is 2. The average Bonchev–Trinajstić information content (AvgIpc) is 2.78. The van der Waals surface area contributed by atoms with Gasteiger partial charge in [-0.15, -0.1) is 0 Å². The van der Waals surface area contributed by atoms with Crippen molar-refractivity contribution >= 4 is 29.1 Å². The maximum Gasteiger partial charge on any atom is 0.127 e. The standard InChI is InChI=1S/C23H19N5/c1-25-21-5-3-17(14-20(21)23(24)26-2)16-4-6-22-19(13-16)18(9-12-28-22)15-7-10-27-11-8-15/h3-14H,1H2,2H3,(H2,24,26). The molecule has 4 aromatic rings. The largest absolute Gasteiger partial charge is 0.383 e. The number of hydrogen-bond donors (Lipinski definition) is 1. The van der Waals surface area contributed by atoms with Crippen LogP contribution < -0.4 is 5.73 Å². The zero-order valence-electron chi connectivity index (χ0n) is 15.5. The van der Waals surface area contributed by atoms with E-state index in [0.717, 1.165) is 38.7 Å². The van der Waals surface area contributed by atoms with Crippen LogP contribution in [-0.4, -0.2) is 29.6 Å². The lowest BCUT2D eigenvalue weighted by Crippen LogP contribution is -2.13. The first-order valence-corrected chi connectivity index (χ1v) is 8.84. The molecule has 0 fully saturated rings. The number of rotatable bonds is 4. The molecule has 2 N–H and O–H groups in total. The fraction of sp³-hybridized carbons (Fsp3) is 0.0435. The van der Waals surface area contributed by atoms with E-state index in [2.05, 4.69) is 38.8 Å². The smallest absolute Gasteiger partial charge is 0.127 e. The van der Waals surface area contributed by atoms with Crippen LogP contribution in [0.15, 0.2) is 83.2 Å². The lowest BCUT2D eigenvalue weighted by molar-refractivity contribution is 1.33. The number of pyridine rings is 2. The van der Waals surface area contributed by atoms with Gasteiger partial charge in [0.25, 0.3) is 0 Å². The summed E-state index contributed by atoms with van der Waals surface area (Å²) in [5.41, 5.74) is 12.8. The summed E-state index contributed by atoms with van der Waals surface area (Å²) >= 11 is 0. The van der Waals surface area contributed by atoms with Crippen molar-refractivity contribution < 1.29 is 0 Å². The predicted molar refractivity (Wildman–Crippen MR) is 116 cm³/mol. The molecule has 136 valence electrons. The molecule has 0 aliphatic carbocycles. The molecule has 4 rings (SSSR count). The summed E-state index contributed by atoms with van der Waals surface area (Å²) in [6, 6.07) is 18.2. The van der Waals surface area contributed by atoms with Gasteiger partial charge >= 0.3 is 0 Å². The number of hydrogen-bond acceptors (Lipinski definition) is 4. The first-order valence-electron chi connectivity index (χ1n) is 8.84. The van der Waals surface area contributed by atoms with E-state index in [1.807, 2.05) is 48.7 Å². The molecule has 0 amide bonds. The highest BCUT2D eigenvalue weighted by Gasteiger charge is 2.10. The third-order valence-electron chi connectivity index (χ3n) is 4.75. The fourth-order valence-corrected chi connectivity index (χ4v) is 3.29. The van der Waals surface area contributed by atoms with E-state index in [9.17, 15) is 0 Å². The SMILES string of the molecule is C=Nc1ccc(-c2ccc3nccc(-c4ccncc4)c3c2)cc1C(N)=NC. The predicted octanol–water partition coefficient (Wildman–Crippen LogP) is 4.63. The van der Waals surface area contributed by atoms with Crippen molar-refractivity contribution in [2.24, 2.45) is 15.7 Å². The van der Waals surface area contributed by atoms with Crippen molar-refractivity contribution in [2.75, 3.05) is 7.05 Å². The Bertz CT molecular complexity index is 1200. The van der Waals surface area contributed by atoms with Crippen LogP contribution in [0.1, 0.15) is 5.56 Å². The highest BCUT2D eigenvalue weighted by Crippen LogP contribution is 2.32. The van der Waals surface area contributed by atoms with Crippen molar-refractivity contribution in [1.29, 1.82) is 0 Å². The first-order chi connectivity index (χ1) is 13.7. The van der Waals surface area contributed by atoms with Gasteiger partial charge in [-0.25, -0.2) is 0 Å². The lowest BCUT2D eigenvalue weighted by atomic mass is 9.96. The van der Waals surface area contributed by atoms with Gasteiger partial charge in [0, 0.05) is 36.6 Å². The van der Waals surface area contributed by atoms with Crippen molar-refractivity contribution in [1.82, 2.24) is 9.97 Å². The zero-order chi connectivity index (χ0) is 19.5. The lowest BCUT2D eigenvalue weighted by Gasteiger charge is -2.11. The van der Waals surface area contributed by atoms with Crippen molar-refractivity contribution in [3.05, 3.63) is 78.8 Å². The summed E-state index contributed by atoms with van der Waals surface area (Å²) in [5, 5.41) is 1.08. The molecule has 0 atom stereocenters. The normalized spacial score (nSPS) is 11.5. The van der Waals surface area contributed by atoms with Gasteiger partial charge in [0.2, 0.25) is 0 Å². The quantitative estimate of drug-likeness (QED) is 0.423. The molecule has 2 aromatic heterocycles.